The molecule has 1 aromatic heterocycles. The Hall–Kier alpha value is -2.51. The Labute approximate surface area is 164 Å². The zero-order valence-electron chi connectivity index (χ0n) is 16.4. The Morgan fingerprint density at radius 3 is 2.82 bits per heavy atom. The van der Waals surface area contributed by atoms with Crippen molar-refractivity contribution in [2.24, 2.45) is 11.8 Å². The van der Waals surface area contributed by atoms with E-state index in [1.807, 2.05) is 16.7 Å². The Kier molecular flexibility index (Phi) is 5.03. The summed E-state index contributed by atoms with van der Waals surface area (Å²) >= 11 is 0. The second kappa shape index (κ2) is 7.48. The fourth-order valence-electron chi connectivity index (χ4n) is 5.22. The number of aryl methyl sites for hydroxylation is 1. The van der Waals surface area contributed by atoms with Gasteiger partial charge < -0.3 is 15.1 Å². The van der Waals surface area contributed by atoms with Gasteiger partial charge in [-0.1, -0.05) is 0 Å². The van der Waals surface area contributed by atoms with Gasteiger partial charge in [-0.25, -0.2) is 9.97 Å². The maximum absolute atomic E-state index is 13.1. The first-order chi connectivity index (χ1) is 13.5. The number of piperidine rings is 3. The molecule has 28 heavy (non-hydrogen) atoms. The Morgan fingerprint density at radius 2 is 2.07 bits per heavy atom. The van der Waals surface area contributed by atoms with Crippen LogP contribution in [0.1, 0.15) is 48.7 Å². The second-order valence-electron chi connectivity index (χ2n) is 8.25. The SMILES string of the molecule is CC(=O)NC[C@H]1[C@H]2C[C@H](CN(C(=O)c3cncnc3C)C2)[C@@H]2CCCC(=O)N21. The number of aromatic nitrogens is 2. The molecule has 8 nitrogen and oxygen atoms in total. The molecular weight excluding hydrogens is 358 g/mol. The van der Waals surface area contributed by atoms with Gasteiger partial charge in [0.15, 0.2) is 0 Å². The number of nitrogens with zero attached hydrogens (tertiary/aromatic N) is 4. The third-order valence-electron chi connectivity index (χ3n) is 6.49. The molecule has 3 aliphatic rings. The molecule has 0 aromatic carbocycles. The van der Waals surface area contributed by atoms with Gasteiger partial charge in [0.2, 0.25) is 11.8 Å². The summed E-state index contributed by atoms with van der Waals surface area (Å²) in [4.78, 5) is 49.5. The van der Waals surface area contributed by atoms with Gasteiger partial charge in [0, 0.05) is 45.2 Å². The minimum absolute atomic E-state index is 0.0401. The summed E-state index contributed by atoms with van der Waals surface area (Å²) in [6, 6.07) is 0.0987. The van der Waals surface area contributed by atoms with E-state index in [1.54, 1.807) is 6.20 Å². The molecular formula is C20H27N5O3. The number of amides is 3. The normalized spacial score (nSPS) is 29.3. The number of fused-ring (bicyclic) bond motifs is 4. The predicted octanol–water partition coefficient (Wildman–Crippen LogP) is 0.763. The first kappa shape index (κ1) is 18.8. The number of likely N-dealkylation sites (tertiary alicyclic amines) is 1. The molecule has 4 rings (SSSR count). The summed E-state index contributed by atoms with van der Waals surface area (Å²) in [5, 5.41) is 2.90. The van der Waals surface area contributed by atoms with E-state index in [-0.39, 0.29) is 41.6 Å². The molecule has 0 saturated carbocycles. The van der Waals surface area contributed by atoms with Gasteiger partial charge >= 0.3 is 0 Å². The van der Waals surface area contributed by atoms with Crippen LogP contribution in [0.25, 0.3) is 0 Å². The number of carbonyl (C=O) groups excluding carboxylic acids is 3. The van der Waals surface area contributed by atoms with Crippen LogP contribution in [-0.4, -0.2) is 69.2 Å². The fourth-order valence-corrected chi connectivity index (χ4v) is 5.22. The van der Waals surface area contributed by atoms with Crippen molar-refractivity contribution in [2.45, 2.75) is 51.6 Å². The van der Waals surface area contributed by atoms with Crippen molar-refractivity contribution in [2.75, 3.05) is 19.6 Å². The molecule has 2 bridgehead atoms. The molecule has 3 amide bonds. The van der Waals surface area contributed by atoms with Gasteiger partial charge in [-0.05, 0) is 38.0 Å². The van der Waals surface area contributed by atoms with Crippen LogP contribution in [0, 0.1) is 18.8 Å². The molecule has 0 radical (unpaired) electrons. The van der Waals surface area contributed by atoms with Crippen molar-refractivity contribution >= 4 is 17.7 Å². The highest BCUT2D eigenvalue weighted by molar-refractivity contribution is 5.95. The van der Waals surface area contributed by atoms with E-state index in [1.165, 1.54) is 13.3 Å². The molecule has 4 heterocycles. The lowest BCUT2D eigenvalue weighted by Crippen LogP contribution is -2.67. The molecule has 0 aliphatic carbocycles. The summed E-state index contributed by atoms with van der Waals surface area (Å²) in [6.45, 7) is 5.01. The van der Waals surface area contributed by atoms with Gasteiger partial charge in [-0.15, -0.1) is 0 Å². The Morgan fingerprint density at radius 1 is 1.29 bits per heavy atom. The number of carbonyl (C=O) groups is 3. The average Bonchev–Trinajstić information content (AvgIpc) is 2.68. The van der Waals surface area contributed by atoms with Crippen LogP contribution in [0.2, 0.25) is 0 Å². The van der Waals surface area contributed by atoms with Crippen molar-refractivity contribution in [3.63, 3.8) is 0 Å². The van der Waals surface area contributed by atoms with Crippen LogP contribution in [0.15, 0.2) is 12.5 Å². The lowest BCUT2D eigenvalue weighted by atomic mass is 9.72. The zero-order chi connectivity index (χ0) is 19.8. The van der Waals surface area contributed by atoms with E-state index < -0.39 is 0 Å². The molecule has 0 unspecified atom stereocenters. The van der Waals surface area contributed by atoms with Gasteiger partial charge in [-0.3, -0.25) is 14.4 Å². The van der Waals surface area contributed by atoms with Crippen molar-refractivity contribution in [3.05, 3.63) is 23.8 Å². The molecule has 8 heteroatoms. The van der Waals surface area contributed by atoms with E-state index in [4.69, 9.17) is 0 Å². The number of hydrogen-bond donors (Lipinski definition) is 1. The van der Waals surface area contributed by atoms with Gasteiger partial charge in [-0.2, -0.15) is 0 Å². The molecule has 150 valence electrons. The number of rotatable bonds is 3. The third kappa shape index (κ3) is 3.36. The summed E-state index contributed by atoms with van der Waals surface area (Å²) in [5.41, 5.74) is 1.22. The molecule has 1 aromatic rings. The number of nitrogens with one attached hydrogen (secondary N) is 1. The van der Waals surface area contributed by atoms with Gasteiger partial charge in [0.1, 0.15) is 6.33 Å². The standard InChI is InChI=1S/C20H27N5O3/c1-12-16(7-21-11-23-12)20(28)24-9-14-6-15(10-24)18(8-22-13(2)26)25-17(14)4-3-5-19(25)27/h7,11,14-15,17-18H,3-6,8-10H2,1-2H3,(H,22,26)/t14-,15+,17+,18+/m1/s1. The van der Waals surface area contributed by atoms with Gasteiger partial charge in [0.05, 0.1) is 17.3 Å². The molecule has 1 N–H and O–H groups in total. The molecule has 0 spiro atoms. The van der Waals surface area contributed by atoms with Crippen LogP contribution in [0.3, 0.4) is 0 Å². The highest BCUT2D eigenvalue weighted by atomic mass is 16.2. The lowest BCUT2D eigenvalue weighted by Gasteiger charge is -2.56. The minimum atomic E-state index is -0.0936. The Bertz CT molecular complexity index is 798. The van der Waals surface area contributed by atoms with Crippen LogP contribution in [0.4, 0.5) is 0 Å². The molecule has 4 atom stereocenters. The second-order valence-corrected chi connectivity index (χ2v) is 8.25. The molecule has 3 saturated heterocycles. The quantitative estimate of drug-likeness (QED) is 0.829. The van der Waals surface area contributed by atoms with Crippen LogP contribution >= 0.6 is 0 Å². The van der Waals surface area contributed by atoms with E-state index in [2.05, 4.69) is 15.3 Å². The Balaban J connectivity index is 1.60. The first-order valence-corrected chi connectivity index (χ1v) is 10.1. The summed E-state index contributed by atoms with van der Waals surface area (Å²) < 4.78 is 0. The monoisotopic (exact) mass is 385 g/mol. The van der Waals surface area contributed by atoms with E-state index in [0.29, 0.717) is 37.3 Å². The summed E-state index contributed by atoms with van der Waals surface area (Å²) in [7, 11) is 0. The first-order valence-electron chi connectivity index (χ1n) is 10.1. The maximum Gasteiger partial charge on any atom is 0.257 e. The van der Waals surface area contributed by atoms with Crippen molar-refractivity contribution in [1.29, 1.82) is 0 Å². The van der Waals surface area contributed by atoms with Gasteiger partial charge in [0.25, 0.3) is 5.91 Å². The summed E-state index contributed by atoms with van der Waals surface area (Å²) in [6.07, 6.45) is 6.47. The van der Waals surface area contributed by atoms with Crippen molar-refractivity contribution in [3.8, 4) is 0 Å². The fraction of sp³-hybridized carbons (Fsp3) is 0.650. The lowest BCUT2D eigenvalue weighted by molar-refractivity contribution is -0.151. The topological polar surface area (TPSA) is 95.5 Å². The van der Waals surface area contributed by atoms with Crippen molar-refractivity contribution < 1.29 is 14.4 Å². The van der Waals surface area contributed by atoms with E-state index in [0.717, 1.165) is 19.3 Å². The van der Waals surface area contributed by atoms with Crippen LogP contribution in [0.5, 0.6) is 0 Å². The highest BCUT2D eigenvalue weighted by Crippen LogP contribution is 2.41. The van der Waals surface area contributed by atoms with E-state index in [9.17, 15) is 14.4 Å². The minimum Gasteiger partial charge on any atom is -0.354 e. The third-order valence-corrected chi connectivity index (χ3v) is 6.49. The van der Waals surface area contributed by atoms with Crippen molar-refractivity contribution in [1.82, 2.24) is 25.1 Å². The highest BCUT2D eigenvalue weighted by Gasteiger charge is 2.50. The summed E-state index contributed by atoms with van der Waals surface area (Å²) in [5.74, 6) is 0.502. The molecule has 3 aliphatic heterocycles. The predicted molar refractivity (Wildman–Crippen MR) is 101 cm³/mol. The molecule has 3 fully saturated rings. The average molecular weight is 385 g/mol. The van der Waals surface area contributed by atoms with E-state index >= 15 is 0 Å². The van der Waals surface area contributed by atoms with Crippen LogP contribution < -0.4 is 5.32 Å². The van der Waals surface area contributed by atoms with Crippen LogP contribution in [-0.2, 0) is 9.59 Å². The number of hydrogen-bond acceptors (Lipinski definition) is 5. The smallest absolute Gasteiger partial charge is 0.257 e. The maximum atomic E-state index is 13.1. The largest absolute Gasteiger partial charge is 0.354 e. The zero-order valence-corrected chi connectivity index (χ0v) is 16.4.